The van der Waals surface area contributed by atoms with E-state index in [0.717, 1.165) is 31.0 Å². The fourth-order valence-electron chi connectivity index (χ4n) is 1.78. The summed E-state index contributed by atoms with van der Waals surface area (Å²) in [5.74, 6) is 1.09. The first-order chi connectivity index (χ1) is 8.65. The van der Waals surface area contributed by atoms with E-state index in [1.165, 1.54) is 0 Å². The van der Waals surface area contributed by atoms with Crippen LogP contribution in [-0.4, -0.2) is 25.4 Å². The van der Waals surface area contributed by atoms with Crippen LogP contribution < -0.4 is 5.32 Å². The van der Waals surface area contributed by atoms with Gasteiger partial charge in [-0.05, 0) is 6.07 Å². The molecule has 98 valence electrons. The number of rotatable bonds is 6. The molecular weight excluding hydrogens is 226 g/mol. The molecule has 2 rings (SSSR count). The van der Waals surface area contributed by atoms with Crippen molar-refractivity contribution in [2.45, 2.75) is 39.4 Å². The summed E-state index contributed by atoms with van der Waals surface area (Å²) in [5, 5.41) is 7.89. The minimum atomic E-state index is 0.489. The van der Waals surface area contributed by atoms with Gasteiger partial charge in [-0.3, -0.25) is 4.68 Å². The van der Waals surface area contributed by atoms with E-state index in [0.29, 0.717) is 6.04 Å². The Kier molecular flexibility index (Phi) is 4.15. The minimum absolute atomic E-state index is 0.489. The molecule has 2 aromatic heterocycles. The molecule has 0 saturated carbocycles. The van der Waals surface area contributed by atoms with Gasteiger partial charge in [-0.25, -0.2) is 4.98 Å². The topological polar surface area (TPSA) is 47.7 Å². The number of hydrogen-bond donors (Lipinski definition) is 1. The lowest BCUT2D eigenvalue weighted by Gasteiger charge is -2.05. The second kappa shape index (κ2) is 5.82. The van der Waals surface area contributed by atoms with Gasteiger partial charge in [0.25, 0.3) is 0 Å². The molecule has 5 heteroatoms. The summed E-state index contributed by atoms with van der Waals surface area (Å²) >= 11 is 0. The maximum Gasteiger partial charge on any atom is 0.110 e. The van der Waals surface area contributed by atoms with Gasteiger partial charge in [0.05, 0.1) is 5.69 Å². The molecule has 18 heavy (non-hydrogen) atoms. The number of hydrogen-bond acceptors (Lipinski definition) is 3. The predicted molar refractivity (Wildman–Crippen MR) is 71.1 cm³/mol. The van der Waals surface area contributed by atoms with Gasteiger partial charge in [0.2, 0.25) is 0 Å². The maximum absolute atomic E-state index is 4.53. The zero-order chi connectivity index (χ0) is 13.0. The van der Waals surface area contributed by atoms with Gasteiger partial charge >= 0.3 is 0 Å². The third-order valence-electron chi connectivity index (χ3n) is 2.87. The maximum atomic E-state index is 4.53. The van der Waals surface area contributed by atoms with E-state index in [4.69, 9.17) is 0 Å². The van der Waals surface area contributed by atoms with E-state index >= 15 is 0 Å². The zero-order valence-electron chi connectivity index (χ0n) is 11.3. The van der Waals surface area contributed by atoms with Gasteiger partial charge < -0.3 is 9.88 Å². The largest absolute Gasteiger partial charge is 0.338 e. The highest BCUT2D eigenvalue weighted by Crippen LogP contribution is 2.00. The monoisotopic (exact) mass is 247 g/mol. The molecule has 0 radical (unpaired) electrons. The first kappa shape index (κ1) is 12.8. The van der Waals surface area contributed by atoms with Crippen LogP contribution in [0.2, 0.25) is 0 Å². The van der Waals surface area contributed by atoms with Gasteiger partial charge in [0.15, 0.2) is 0 Å². The molecule has 0 atom stereocenters. The normalized spacial score (nSPS) is 11.3. The van der Waals surface area contributed by atoms with Crippen molar-refractivity contribution in [2.24, 2.45) is 7.05 Å². The van der Waals surface area contributed by atoms with Crippen molar-refractivity contribution in [3.05, 3.63) is 36.2 Å². The van der Waals surface area contributed by atoms with Crippen LogP contribution in [0, 0.1) is 0 Å². The van der Waals surface area contributed by atoms with Crippen molar-refractivity contribution in [2.75, 3.05) is 0 Å². The van der Waals surface area contributed by atoms with Crippen molar-refractivity contribution in [1.29, 1.82) is 0 Å². The number of nitrogens with zero attached hydrogens (tertiary/aromatic N) is 4. The van der Waals surface area contributed by atoms with E-state index < -0.39 is 0 Å². The van der Waals surface area contributed by atoms with Gasteiger partial charge in [-0.1, -0.05) is 13.8 Å². The molecule has 0 aromatic carbocycles. The van der Waals surface area contributed by atoms with E-state index in [-0.39, 0.29) is 0 Å². The van der Waals surface area contributed by atoms with Crippen molar-refractivity contribution in [3.8, 4) is 0 Å². The smallest absolute Gasteiger partial charge is 0.110 e. The summed E-state index contributed by atoms with van der Waals surface area (Å²) in [6, 6.07) is 2.55. The molecule has 0 aliphatic heterocycles. The Labute approximate surface area is 108 Å². The van der Waals surface area contributed by atoms with Crippen molar-refractivity contribution in [3.63, 3.8) is 0 Å². The number of aromatic nitrogens is 4. The second-order valence-electron chi connectivity index (χ2n) is 4.81. The first-order valence-electron chi connectivity index (χ1n) is 6.37. The Bertz CT molecular complexity index is 483. The summed E-state index contributed by atoms with van der Waals surface area (Å²) in [4.78, 5) is 4.31. The summed E-state index contributed by atoms with van der Waals surface area (Å²) in [7, 11) is 2.02. The molecule has 5 nitrogen and oxygen atoms in total. The van der Waals surface area contributed by atoms with Gasteiger partial charge in [0.1, 0.15) is 5.82 Å². The fourth-order valence-corrected chi connectivity index (χ4v) is 1.78. The van der Waals surface area contributed by atoms with E-state index in [1.807, 2.05) is 34.9 Å². The van der Waals surface area contributed by atoms with Crippen LogP contribution in [0.15, 0.2) is 24.7 Å². The fraction of sp³-hybridized carbons (Fsp3) is 0.538. The third-order valence-corrected chi connectivity index (χ3v) is 2.87. The van der Waals surface area contributed by atoms with Crippen LogP contribution in [0.3, 0.4) is 0 Å². The highest BCUT2D eigenvalue weighted by atomic mass is 15.3. The summed E-state index contributed by atoms with van der Waals surface area (Å²) in [5.41, 5.74) is 1.09. The molecule has 0 saturated heterocycles. The molecule has 2 aromatic rings. The lowest BCUT2D eigenvalue weighted by atomic mass is 10.3. The van der Waals surface area contributed by atoms with Crippen LogP contribution in [0.1, 0.15) is 25.4 Å². The number of aryl methyl sites for hydroxylation is 3. The minimum Gasteiger partial charge on any atom is -0.338 e. The average Bonchev–Trinajstić information content (AvgIpc) is 2.93. The van der Waals surface area contributed by atoms with Crippen LogP contribution in [0.4, 0.5) is 0 Å². The summed E-state index contributed by atoms with van der Waals surface area (Å²) < 4.78 is 4.02. The van der Waals surface area contributed by atoms with Crippen molar-refractivity contribution < 1.29 is 0 Å². The second-order valence-corrected chi connectivity index (χ2v) is 4.81. The Morgan fingerprint density at radius 2 is 2.17 bits per heavy atom. The molecule has 0 bridgehead atoms. The molecule has 0 fully saturated rings. The van der Waals surface area contributed by atoms with Gasteiger partial charge in [-0.15, -0.1) is 0 Å². The molecule has 0 aliphatic carbocycles. The zero-order valence-corrected chi connectivity index (χ0v) is 11.3. The lowest BCUT2D eigenvalue weighted by molar-refractivity contribution is 0.552. The summed E-state index contributed by atoms with van der Waals surface area (Å²) in [6.07, 6.45) is 6.73. The molecule has 2 heterocycles. The van der Waals surface area contributed by atoms with E-state index in [9.17, 15) is 0 Å². The van der Waals surface area contributed by atoms with Crippen LogP contribution in [0.25, 0.3) is 0 Å². The van der Waals surface area contributed by atoms with E-state index in [2.05, 4.69) is 35.3 Å². The summed E-state index contributed by atoms with van der Waals surface area (Å²) in [6.45, 7) is 5.97. The molecule has 1 N–H and O–H groups in total. The number of imidazole rings is 1. The lowest BCUT2D eigenvalue weighted by Crippen LogP contribution is -2.22. The first-order valence-corrected chi connectivity index (χ1v) is 6.37. The Morgan fingerprint density at radius 1 is 1.33 bits per heavy atom. The molecule has 0 amide bonds. The molecule has 0 aliphatic rings. The van der Waals surface area contributed by atoms with Gasteiger partial charge in [-0.2, -0.15) is 5.10 Å². The molecule has 0 unspecified atom stereocenters. The highest BCUT2D eigenvalue weighted by molar-refractivity contribution is 4.99. The van der Waals surface area contributed by atoms with Gasteiger partial charge in [0, 0.05) is 51.2 Å². The van der Waals surface area contributed by atoms with E-state index in [1.54, 1.807) is 0 Å². The predicted octanol–water partition coefficient (Wildman–Crippen LogP) is 1.36. The average molecular weight is 247 g/mol. The van der Waals surface area contributed by atoms with Crippen molar-refractivity contribution in [1.82, 2.24) is 24.6 Å². The highest BCUT2D eigenvalue weighted by Gasteiger charge is 2.02. The Morgan fingerprint density at radius 3 is 2.83 bits per heavy atom. The van der Waals surface area contributed by atoms with Crippen LogP contribution in [-0.2, 0) is 26.6 Å². The van der Waals surface area contributed by atoms with Crippen LogP contribution in [0.5, 0.6) is 0 Å². The molecular formula is C13H21N5. The number of nitrogens with one attached hydrogen (secondary N) is 1. The van der Waals surface area contributed by atoms with Crippen LogP contribution >= 0.6 is 0 Å². The molecule has 0 spiro atoms. The Balaban J connectivity index is 1.85. The third kappa shape index (κ3) is 3.43. The SMILES string of the molecule is CC(C)NCc1ccn(CCc2nccn2C)n1. The quantitative estimate of drug-likeness (QED) is 0.838. The standard InChI is InChI=1S/C13H21N5/c1-11(2)15-10-12-4-7-18(16-12)8-5-13-14-6-9-17(13)3/h4,6-7,9,11,15H,5,8,10H2,1-3H3. The Hall–Kier alpha value is -1.62. The van der Waals surface area contributed by atoms with Crippen molar-refractivity contribution >= 4 is 0 Å².